The average molecular weight is 345 g/mol. The van der Waals surface area contributed by atoms with Gasteiger partial charge in [0.25, 0.3) is 0 Å². The van der Waals surface area contributed by atoms with Gasteiger partial charge in [0.1, 0.15) is 5.75 Å². The van der Waals surface area contributed by atoms with Crippen molar-refractivity contribution < 1.29 is 13.2 Å². The summed E-state index contributed by atoms with van der Waals surface area (Å²) in [6.45, 7) is 5.02. The van der Waals surface area contributed by atoms with Crippen LogP contribution < -0.4 is 4.74 Å². The van der Waals surface area contributed by atoms with Crippen LogP contribution in [0.3, 0.4) is 0 Å². The summed E-state index contributed by atoms with van der Waals surface area (Å²) in [6, 6.07) is 13.2. The van der Waals surface area contributed by atoms with Crippen LogP contribution in [-0.2, 0) is 10.0 Å². The summed E-state index contributed by atoms with van der Waals surface area (Å²) in [5.41, 5.74) is 3.27. The Kier molecular flexibility index (Phi) is 4.65. The zero-order chi connectivity index (χ0) is 17.3. The van der Waals surface area contributed by atoms with Crippen molar-refractivity contribution >= 4 is 10.0 Å². The minimum absolute atomic E-state index is 0.234. The molecule has 0 radical (unpaired) electrons. The molecule has 1 unspecified atom stereocenters. The number of nitrogens with zero attached hydrogens (tertiary/aromatic N) is 1. The Morgan fingerprint density at radius 1 is 1.04 bits per heavy atom. The van der Waals surface area contributed by atoms with Crippen LogP contribution in [0.1, 0.15) is 29.0 Å². The van der Waals surface area contributed by atoms with Gasteiger partial charge in [0.2, 0.25) is 10.0 Å². The lowest BCUT2D eigenvalue weighted by molar-refractivity contribution is 0.414. The van der Waals surface area contributed by atoms with Crippen molar-refractivity contribution in [2.24, 2.45) is 0 Å². The molecular formula is C19H23NO3S. The van der Waals surface area contributed by atoms with Gasteiger partial charge in [-0.25, -0.2) is 8.42 Å². The van der Waals surface area contributed by atoms with E-state index in [9.17, 15) is 8.42 Å². The number of rotatable bonds is 4. The van der Waals surface area contributed by atoms with Crippen LogP contribution >= 0.6 is 0 Å². The molecule has 0 aromatic heterocycles. The first-order valence-electron chi connectivity index (χ1n) is 8.13. The largest absolute Gasteiger partial charge is 0.497 e. The highest BCUT2D eigenvalue weighted by molar-refractivity contribution is 7.89. The zero-order valence-electron chi connectivity index (χ0n) is 14.3. The lowest BCUT2D eigenvalue weighted by Crippen LogP contribution is -2.28. The molecule has 0 N–H and O–H groups in total. The molecule has 0 aliphatic carbocycles. The van der Waals surface area contributed by atoms with Crippen LogP contribution in [0.4, 0.5) is 0 Å². The summed E-state index contributed by atoms with van der Waals surface area (Å²) in [5, 5.41) is 0. The molecule has 1 aliphatic rings. The normalized spacial score (nSPS) is 18.7. The van der Waals surface area contributed by atoms with Crippen LogP contribution in [0.5, 0.6) is 5.75 Å². The van der Waals surface area contributed by atoms with E-state index in [4.69, 9.17) is 4.74 Å². The molecule has 0 saturated carbocycles. The second-order valence-electron chi connectivity index (χ2n) is 6.37. The van der Waals surface area contributed by atoms with E-state index in [1.54, 1.807) is 23.5 Å². The summed E-state index contributed by atoms with van der Waals surface area (Å²) in [7, 11) is -1.78. The first kappa shape index (κ1) is 17.0. The van der Waals surface area contributed by atoms with Gasteiger partial charge in [0.15, 0.2) is 0 Å². The second-order valence-corrected chi connectivity index (χ2v) is 8.31. The molecule has 3 rings (SSSR count). The zero-order valence-corrected chi connectivity index (χ0v) is 15.1. The van der Waals surface area contributed by atoms with Gasteiger partial charge in [-0.2, -0.15) is 4.31 Å². The van der Waals surface area contributed by atoms with E-state index in [0.717, 1.165) is 28.9 Å². The Balaban J connectivity index is 1.79. The molecule has 128 valence electrons. The summed E-state index contributed by atoms with van der Waals surface area (Å²) in [4.78, 5) is 0.390. The number of sulfonamides is 1. The molecule has 2 aromatic rings. The summed E-state index contributed by atoms with van der Waals surface area (Å²) < 4.78 is 32.5. The molecular weight excluding hydrogens is 322 g/mol. The standard InChI is InChI=1S/C19H23NO3S/c1-14-4-9-19(12-15(14)2)24(21,22)20-11-10-17(13-20)16-5-7-18(23-3)8-6-16/h4-9,12,17H,10-11,13H2,1-3H3. The smallest absolute Gasteiger partial charge is 0.243 e. The third kappa shape index (κ3) is 3.19. The fourth-order valence-electron chi connectivity index (χ4n) is 3.12. The molecule has 5 heteroatoms. The summed E-state index contributed by atoms with van der Waals surface area (Å²) in [5.74, 6) is 1.05. The van der Waals surface area contributed by atoms with E-state index in [-0.39, 0.29) is 5.92 Å². The molecule has 0 spiro atoms. The van der Waals surface area contributed by atoms with Crippen LogP contribution in [0.15, 0.2) is 47.4 Å². The van der Waals surface area contributed by atoms with E-state index in [1.807, 2.05) is 44.2 Å². The van der Waals surface area contributed by atoms with Gasteiger partial charge in [-0.1, -0.05) is 18.2 Å². The third-order valence-electron chi connectivity index (χ3n) is 4.85. The highest BCUT2D eigenvalue weighted by Gasteiger charge is 2.33. The molecule has 1 heterocycles. The quantitative estimate of drug-likeness (QED) is 0.852. The van der Waals surface area contributed by atoms with Gasteiger partial charge in [-0.3, -0.25) is 0 Å². The molecule has 1 aliphatic heterocycles. The maximum atomic E-state index is 12.9. The summed E-state index contributed by atoms with van der Waals surface area (Å²) >= 11 is 0. The van der Waals surface area contributed by atoms with Crippen molar-refractivity contribution in [3.63, 3.8) is 0 Å². The molecule has 2 aromatic carbocycles. The lowest BCUT2D eigenvalue weighted by atomic mass is 9.99. The van der Waals surface area contributed by atoms with Crippen LogP contribution in [0.25, 0.3) is 0 Å². The molecule has 0 bridgehead atoms. The van der Waals surface area contributed by atoms with Gasteiger partial charge in [-0.15, -0.1) is 0 Å². The van der Waals surface area contributed by atoms with Crippen LogP contribution in [0.2, 0.25) is 0 Å². The highest BCUT2D eigenvalue weighted by atomic mass is 32.2. The molecule has 1 fully saturated rings. The number of hydrogen-bond donors (Lipinski definition) is 0. The first-order valence-corrected chi connectivity index (χ1v) is 9.57. The monoisotopic (exact) mass is 345 g/mol. The molecule has 4 nitrogen and oxygen atoms in total. The molecule has 0 amide bonds. The van der Waals surface area contributed by atoms with E-state index >= 15 is 0 Å². The highest BCUT2D eigenvalue weighted by Crippen LogP contribution is 2.32. The fourth-order valence-corrected chi connectivity index (χ4v) is 4.70. The maximum Gasteiger partial charge on any atom is 0.243 e. The Morgan fingerprint density at radius 3 is 2.38 bits per heavy atom. The number of benzene rings is 2. The third-order valence-corrected chi connectivity index (χ3v) is 6.72. The van der Waals surface area contributed by atoms with Crippen molar-refractivity contribution in [2.45, 2.75) is 31.1 Å². The first-order chi connectivity index (χ1) is 11.4. The van der Waals surface area contributed by atoms with Gasteiger partial charge < -0.3 is 4.74 Å². The Morgan fingerprint density at radius 2 is 1.75 bits per heavy atom. The van der Waals surface area contributed by atoms with Crippen molar-refractivity contribution in [3.05, 3.63) is 59.2 Å². The molecule has 24 heavy (non-hydrogen) atoms. The van der Waals surface area contributed by atoms with E-state index in [1.165, 1.54) is 0 Å². The predicted octanol–water partition coefficient (Wildman–Crippen LogP) is 3.49. The van der Waals surface area contributed by atoms with Crippen molar-refractivity contribution in [2.75, 3.05) is 20.2 Å². The van der Waals surface area contributed by atoms with Gasteiger partial charge in [0.05, 0.1) is 12.0 Å². The number of aryl methyl sites for hydroxylation is 2. The molecule has 1 saturated heterocycles. The Labute approximate surface area is 144 Å². The van der Waals surface area contributed by atoms with Gasteiger partial charge in [0, 0.05) is 13.1 Å². The predicted molar refractivity (Wildman–Crippen MR) is 95.0 cm³/mol. The minimum atomic E-state index is -3.42. The van der Waals surface area contributed by atoms with E-state index in [0.29, 0.717) is 18.0 Å². The number of ether oxygens (including phenoxy) is 1. The lowest BCUT2D eigenvalue weighted by Gasteiger charge is -2.17. The minimum Gasteiger partial charge on any atom is -0.497 e. The fraction of sp³-hybridized carbons (Fsp3) is 0.368. The van der Waals surface area contributed by atoms with Gasteiger partial charge >= 0.3 is 0 Å². The maximum absolute atomic E-state index is 12.9. The van der Waals surface area contributed by atoms with Crippen LogP contribution in [0, 0.1) is 13.8 Å². The number of hydrogen-bond acceptors (Lipinski definition) is 3. The van der Waals surface area contributed by atoms with E-state index < -0.39 is 10.0 Å². The van der Waals surface area contributed by atoms with Crippen molar-refractivity contribution in [1.82, 2.24) is 4.31 Å². The topological polar surface area (TPSA) is 46.6 Å². The second kappa shape index (κ2) is 6.57. The van der Waals surface area contributed by atoms with Crippen LogP contribution in [-0.4, -0.2) is 32.9 Å². The SMILES string of the molecule is COc1ccc(C2CCN(S(=O)(=O)c3ccc(C)c(C)c3)C2)cc1. The average Bonchev–Trinajstić information content (AvgIpc) is 3.08. The van der Waals surface area contributed by atoms with E-state index in [2.05, 4.69) is 0 Å². The number of methoxy groups -OCH3 is 1. The van der Waals surface area contributed by atoms with Crippen molar-refractivity contribution in [3.8, 4) is 5.75 Å². The Bertz CT molecular complexity index is 828. The van der Waals surface area contributed by atoms with Crippen molar-refractivity contribution in [1.29, 1.82) is 0 Å². The molecule has 1 atom stereocenters. The Hall–Kier alpha value is -1.85. The summed E-state index contributed by atoms with van der Waals surface area (Å²) in [6.07, 6.45) is 0.844. The van der Waals surface area contributed by atoms with Gasteiger partial charge in [-0.05, 0) is 67.1 Å².